The van der Waals surface area contributed by atoms with Crippen molar-refractivity contribution in [3.8, 4) is 28.4 Å². The third-order valence-corrected chi connectivity index (χ3v) is 6.52. The number of hydrogen-bond acceptors (Lipinski definition) is 7. The van der Waals surface area contributed by atoms with Gasteiger partial charge in [-0.1, -0.05) is 35.9 Å². The Morgan fingerprint density at radius 3 is 2.42 bits per heavy atom. The van der Waals surface area contributed by atoms with Gasteiger partial charge in [0.2, 0.25) is 5.95 Å². The second-order valence-electron chi connectivity index (χ2n) is 8.29. The van der Waals surface area contributed by atoms with Gasteiger partial charge in [-0.3, -0.25) is 4.40 Å². The molecule has 8 nitrogen and oxygen atoms in total. The van der Waals surface area contributed by atoms with Gasteiger partial charge in [0.15, 0.2) is 17.3 Å². The smallest absolute Gasteiger partial charge is 0.205 e. The van der Waals surface area contributed by atoms with Gasteiger partial charge < -0.3 is 25.3 Å². The van der Waals surface area contributed by atoms with Crippen LogP contribution in [0.2, 0.25) is 5.02 Å². The maximum Gasteiger partial charge on any atom is 0.205 e. The highest BCUT2D eigenvalue weighted by atomic mass is 35.5. The van der Waals surface area contributed by atoms with Crippen LogP contribution in [0.5, 0.6) is 17.2 Å². The molecule has 0 aliphatic heterocycles. The summed E-state index contributed by atoms with van der Waals surface area (Å²) < 4.78 is 18.7. The number of methoxy groups -OCH3 is 3. The van der Waals surface area contributed by atoms with E-state index in [0.717, 1.165) is 39.0 Å². The molecule has 0 spiro atoms. The van der Waals surface area contributed by atoms with Crippen LogP contribution in [-0.4, -0.2) is 35.7 Å². The third kappa shape index (κ3) is 3.89. The van der Waals surface area contributed by atoms with E-state index in [4.69, 9.17) is 36.5 Å². The topological polar surface area (TPSA) is 95.9 Å². The highest BCUT2D eigenvalue weighted by molar-refractivity contribution is 6.34. The molecule has 0 bridgehead atoms. The molecule has 2 heterocycles. The zero-order valence-electron chi connectivity index (χ0n) is 20.4. The molecule has 0 aliphatic carbocycles. The Morgan fingerprint density at radius 1 is 0.972 bits per heavy atom. The number of ether oxygens (including phenoxy) is 3. The standard InChI is InChI=1S/C27H26ClN5O3/c1-15-6-5-7-18(28)22(15)23-24-19(12-21(35-3)25(23)36-4)33-20(14-31-27(33)29)26(32-24)30-13-16-8-10-17(34-2)11-9-16/h5-12,14H,13H2,1-4H3,(H2,29,31)(H,30,32). The zero-order valence-corrected chi connectivity index (χ0v) is 21.2. The second-order valence-corrected chi connectivity index (χ2v) is 8.69. The highest BCUT2D eigenvalue weighted by Crippen LogP contribution is 2.47. The van der Waals surface area contributed by atoms with Crippen LogP contribution in [0, 0.1) is 6.92 Å². The molecule has 5 aromatic rings. The molecule has 0 atom stereocenters. The van der Waals surface area contributed by atoms with Crippen molar-refractivity contribution in [1.29, 1.82) is 0 Å². The van der Waals surface area contributed by atoms with Crippen molar-refractivity contribution in [2.75, 3.05) is 32.4 Å². The van der Waals surface area contributed by atoms with Crippen molar-refractivity contribution in [3.63, 3.8) is 0 Å². The number of benzene rings is 3. The lowest BCUT2D eigenvalue weighted by molar-refractivity contribution is 0.357. The molecule has 184 valence electrons. The Morgan fingerprint density at radius 2 is 1.75 bits per heavy atom. The van der Waals surface area contributed by atoms with Gasteiger partial charge in [0.25, 0.3) is 0 Å². The van der Waals surface area contributed by atoms with Gasteiger partial charge in [-0.2, -0.15) is 0 Å². The normalized spacial score (nSPS) is 11.1. The lowest BCUT2D eigenvalue weighted by Crippen LogP contribution is -2.07. The van der Waals surface area contributed by atoms with Gasteiger partial charge >= 0.3 is 0 Å². The first-order valence-electron chi connectivity index (χ1n) is 11.3. The Hall–Kier alpha value is -4.17. The predicted octanol–water partition coefficient (Wildman–Crippen LogP) is 5.73. The summed E-state index contributed by atoms with van der Waals surface area (Å²) in [6, 6.07) is 15.5. The minimum absolute atomic E-state index is 0.332. The second kappa shape index (κ2) is 9.47. The number of imidazole rings is 1. The SMILES string of the molecule is COc1ccc(CNc2nc3c(-c4c(C)cccc4Cl)c(OC)c(OC)cc3n3c(N)ncc23)cc1. The number of hydrogen-bond donors (Lipinski definition) is 2. The largest absolute Gasteiger partial charge is 0.497 e. The van der Waals surface area contributed by atoms with Crippen molar-refractivity contribution in [2.24, 2.45) is 0 Å². The van der Waals surface area contributed by atoms with E-state index in [1.54, 1.807) is 27.5 Å². The molecule has 0 saturated heterocycles. The van der Waals surface area contributed by atoms with Gasteiger partial charge in [0.05, 0.1) is 38.6 Å². The monoisotopic (exact) mass is 503 g/mol. The first-order chi connectivity index (χ1) is 17.5. The minimum Gasteiger partial charge on any atom is -0.497 e. The molecular weight excluding hydrogens is 478 g/mol. The van der Waals surface area contributed by atoms with Gasteiger partial charge in [0.1, 0.15) is 16.8 Å². The maximum absolute atomic E-state index is 6.73. The van der Waals surface area contributed by atoms with Crippen molar-refractivity contribution in [1.82, 2.24) is 14.4 Å². The Balaban J connectivity index is 1.78. The van der Waals surface area contributed by atoms with Crippen molar-refractivity contribution in [2.45, 2.75) is 13.5 Å². The fraction of sp³-hybridized carbons (Fsp3) is 0.185. The molecule has 9 heteroatoms. The summed E-state index contributed by atoms with van der Waals surface area (Å²) in [4.78, 5) is 9.43. The van der Waals surface area contributed by atoms with Gasteiger partial charge in [-0.25, -0.2) is 9.97 Å². The molecule has 3 aromatic carbocycles. The number of nitrogens with two attached hydrogens (primary N) is 1. The summed E-state index contributed by atoms with van der Waals surface area (Å²) in [5.74, 6) is 2.83. The number of halogens is 1. The van der Waals surface area contributed by atoms with E-state index in [1.165, 1.54) is 0 Å². The molecular formula is C27H26ClN5O3. The lowest BCUT2D eigenvalue weighted by Gasteiger charge is -2.20. The summed E-state index contributed by atoms with van der Waals surface area (Å²) >= 11 is 6.73. The highest BCUT2D eigenvalue weighted by Gasteiger charge is 2.24. The Bertz CT molecular complexity index is 1560. The van der Waals surface area contributed by atoms with E-state index in [1.807, 2.05) is 59.9 Å². The maximum atomic E-state index is 6.73. The van der Waals surface area contributed by atoms with Crippen LogP contribution < -0.4 is 25.3 Å². The van der Waals surface area contributed by atoms with Gasteiger partial charge in [-0.05, 0) is 36.2 Å². The molecule has 5 rings (SSSR count). The molecule has 0 saturated carbocycles. The number of nitrogen functional groups attached to an aromatic ring is 1. The number of rotatable bonds is 7. The summed E-state index contributed by atoms with van der Waals surface area (Å²) in [6.45, 7) is 2.54. The molecule has 0 unspecified atom stereocenters. The van der Waals surface area contributed by atoms with E-state index < -0.39 is 0 Å². The number of aromatic nitrogens is 3. The molecule has 0 aliphatic rings. The number of nitrogens with zero attached hydrogens (tertiary/aromatic N) is 3. The molecule has 2 aromatic heterocycles. The molecule has 0 fully saturated rings. The predicted molar refractivity (Wildman–Crippen MR) is 144 cm³/mol. The van der Waals surface area contributed by atoms with Crippen molar-refractivity contribution < 1.29 is 14.2 Å². The molecule has 36 heavy (non-hydrogen) atoms. The van der Waals surface area contributed by atoms with Gasteiger partial charge in [0, 0.05) is 23.2 Å². The average molecular weight is 504 g/mol. The number of nitrogens with one attached hydrogen (secondary N) is 1. The van der Waals surface area contributed by atoms with Crippen molar-refractivity contribution >= 4 is 39.9 Å². The number of aryl methyl sites for hydroxylation is 1. The van der Waals surface area contributed by atoms with Crippen LogP contribution >= 0.6 is 11.6 Å². The summed E-state index contributed by atoms with van der Waals surface area (Å²) in [7, 11) is 4.85. The summed E-state index contributed by atoms with van der Waals surface area (Å²) in [5, 5.41) is 4.03. The fourth-order valence-corrected chi connectivity index (χ4v) is 4.77. The van der Waals surface area contributed by atoms with Gasteiger partial charge in [-0.15, -0.1) is 0 Å². The van der Waals surface area contributed by atoms with Crippen LogP contribution in [0.1, 0.15) is 11.1 Å². The first-order valence-corrected chi connectivity index (χ1v) is 11.7. The first kappa shape index (κ1) is 23.6. The quantitative estimate of drug-likeness (QED) is 0.292. The van der Waals surface area contributed by atoms with Crippen LogP contribution in [0.4, 0.5) is 11.8 Å². The third-order valence-electron chi connectivity index (χ3n) is 6.21. The zero-order chi connectivity index (χ0) is 25.4. The Kier molecular flexibility index (Phi) is 6.20. The molecule has 3 N–H and O–H groups in total. The number of fused-ring (bicyclic) bond motifs is 3. The lowest BCUT2D eigenvalue weighted by atomic mass is 9.97. The number of anilines is 2. The van der Waals surface area contributed by atoms with E-state index in [0.29, 0.717) is 40.3 Å². The van der Waals surface area contributed by atoms with Crippen LogP contribution in [0.25, 0.3) is 27.7 Å². The summed E-state index contributed by atoms with van der Waals surface area (Å²) in [6.07, 6.45) is 1.70. The van der Waals surface area contributed by atoms with E-state index >= 15 is 0 Å². The van der Waals surface area contributed by atoms with E-state index in [-0.39, 0.29) is 0 Å². The summed E-state index contributed by atoms with van der Waals surface area (Å²) in [5.41, 5.74) is 12.0. The van der Waals surface area contributed by atoms with E-state index in [2.05, 4.69) is 10.3 Å². The van der Waals surface area contributed by atoms with Crippen LogP contribution in [0.3, 0.4) is 0 Å². The minimum atomic E-state index is 0.332. The fourth-order valence-electron chi connectivity index (χ4n) is 4.45. The van der Waals surface area contributed by atoms with E-state index in [9.17, 15) is 0 Å². The van der Waals surface area contributed by atoms with Crippen LogP contribution in [-0.2, 0) is 6.54 Å². The van der Waals surface area contributed by atoms with Crippen LogP contribution in [0.15, 0.2) is 54.7 Å². The van der Waals surface area contributed by atoms with Crippen molar-refractivity contribution in [3.05, 3.63) is 70.9 Å². The average Bonchev–Trinajstić information content (AvgIpc) is 3.29. The Labute approximate surface area is 213 Å². The molecule has 0 radical (unpaired) electrons. The molecule has 0 amide bonds.